The lowest BCUT2D eigenvalue weighted by atomic mass is 10.1. The van der Waals surface area contributed by atoms with Crippen molar-refractivity contribution >= 4 is 28.5 Å². The number of rotatable bonds is 5. The monoisotopic (exact) mass is 355 g/mol. The van der Waals surface area contributed by atoms with E-state index in [-0.39, 0.29) is 12.5 Å². The maximum Gasteiger partial charge on any atom is 0.292 e. The third kappa shape index (κ3) is 3.79. The van der Waals surface area contributed by atoms with Crippen molar-refractivity contribution in [2.24, 2.45) is 0 Å². The molecule has 1 fully saturated rings. The van der Waals surface area contributed by atoms with Crippen LogP contribution in [0.3, 0.4) is 0 Å². The van der Waals surface area contributed by atoms with E-state index in [1.807, 2.05) is 29.2 Å². The first-order valence-corrected chi connectivity index (χ1v) is 9.30. The average Bonchev–Trinajstić information content (AvgIpc) is 2.83. The summed E-state index contributed by atoms with van der Waals surface area (Å²) >= 11 is 0. The van der Waals surface area contributed by atoms with Crippen LogP contribution in [0.4, 0.5) is 0 Å². The van der Waals surface area contributed by atoms with Crippen LogP contribution >= 0.6 is 0 Å². The summed E-state index contributed by atoms with van der Waals surface area (Å²) in [5.74, 6) is -1.12. The summed E-state index contributed by atoms with van der Waals surface area (Å²) in [6, 6.07) is 7.39. The highest BCUT2D eigenvalue weighted by molar-refractivity contribution is 6.45. The summed E-state index contributed by atoms with van der Waals surface area (Å²) in [5, 5.41) is 3.25. The van der Waals surface area contributed by atoms with Gasteiger partial charge in [0.15, 0.2) is 0 Å². The molecule has 1 saturated heterocycles. The molecule has 2 aromatic rings. The summed E-state index contributed by atoms with van der Waals surface area (Å²) in [5.41, 5.74) is 1.14. The van der Waals surface area contributed by atoms with E-state index < -0.39 is 11.7 Å². The fourth-order valence-electron chi connectivity index (χ4n) is 3.49. The SMILES string of the molecule is CCNC(=O)C(=O)c1cn(CC(=O)N2CCCCCC2)c2ccccc12. The highest BCUT2D eigenvalue weighted by atomic mass is 16.2. The highest BCUT2D eigenvalue weighted by Gasteiger charge is 2.23. The zero-order valence-electron chi connectivity index (χ0n) is 15.2. The van der Waals surface area contributed by atoms with Crippen LogP contribution in [0.1, 0.15) is 43.0 Å². The lowest BCUT2D eigenvalue weighted by Gasteiger charge is -2.20. The molecule has 1 aromatic carbocycles. The molecule has 0 spiro atoms. The Labute approximate surface area is 153 Å². The van der Waals surface area contributed by atoms with Crippen LogP contribution in [-0.2, 0) is 16.1 Å². The molecule has 0 radical (unpaired) electrons. The van der Waals surface area contributed by atoms with Crippen molar-refractivity contribution in [3.63, 3.8) is 0 Å². The van der Waals surface area contributed by atoms with E-state index in [4.69, 9.17) is 0 Å². The zero-order valence-corrected chi connectivity index (χ0v) is 15.2. The number of benzene rings is 1. The Balaban J connectivity index is 1.88. The number of hydrogen-bond acceptors (Lipinski definition) is 3. The highest BCUT2D eigenvalue weighted by Crippen LogP contribution is 2.22. The van der Waals surface area contributed by atoms with Crippen LogP contribution in [0, 0.1) is 0 Å². The zero-order chi connectivity index (χ0) is 18.5. The van der Waals surface area contributed by atoms with Crippen LogP contribution < -0.4 is 5.32 Å². The van der Waals surface area contributed by atoms with Gasteiger partial charge in [-0.2, -0.15) is 0 Å². The summed E-state index contributed by atoms with van der Waals surface area (Å²) in [4.78, 5) is 39.1. The van der Waals surface area contributed by atoms with Crippen LogP contribution in [-0.4, -0.2) is 46.7 Å². The number of fused-ring (bicyclic) bond motifs is 1. The molecular formula is C20H25N3O3. The van der Waals surface area contributed by atoms with Crippen LogP contribution in [0.15, 0.2) is 30.5 Å². The minimum Gasteiger partial charge on any atom is -0.349 e. The first-order chi connectivity index (χ1) is 12.6. The number of nitrogens with one attached hydrogen (secondary N) is 1. The lowest BCUT2D eigenvalue weighted by Crippen LogP contribution is -2.34. The van der Waals surface area contributed by atoms with Crippen molar-refractivity contribution in [1.29, 1.82) is 0 Å². The standard InChI is InChI=1S/C20H25N3O3/c1-2-21-20(26)19(25)16-13-23(17-10-6-5-9-15(16)17)14-18(24)22-11-7-3-4-8-12-22/h5-6,9-10,13H,2-4,7-8,11-12,14H2,1H3,(H,21,26). The van der Waals surface area contributed by atoms with Gasteiger partial charge in [-0.25, -0.2) is 0 Å². The molecule has 1 N–H and O–H groups in total. The normalized spacial score (nSPS) is 14.9. The summed E-state index contributed by atoms with van der Waals surface area (Å²) in [7, 11) is 0. The van der Waals surface area contributed by atoms with Gasteiger partial charge in [0.1, 0.15) is 6.54 Å². The Kier molecular flexibility index (Phi) is 5.71. The van der Waals surface area contributed by atoms with Gasteiger partial charge in [-0.3, -0.25) is 14.4 Å². The largest absolute Gasteiger partial charge is 0.349 e. The molecule has 6 heteroatoms. The molecule has 1 aliphatic heterocycles. The van der Waals surface area contributed by atoms with Crippen molar-refractivity contribution in [3.05, 3.63) is 36.0 Å². The Bertz CT molecular complexity index is 817. The third-order valence-corrected chi connectivity index (χ3v) is 4.84. The topological polar surface area (TPSA) is 71.4 Å². The summed E-state index contributed by atoms with van der Waals surface area (Å²) in [6.45, 7) is 3.94. The average molecular weight is 355 g/mol. The lowest BCUT2D eigenvalue weighted by molar-refractivity contribution is -0.131. The van der Waals surface area contributed by atoms with Crippen molar-refractivity contribution in [2.75, 3.05) is 19.6 Å². The van der Waals surface area contributed by atoms with E-state index in [0.29, 0.717) is 17.5 Å². The molecule has 0 bridgehead atoms. The van der Waals surface area contributed by atoms with Gasteiger partial charge in [-0.1, -0.05) is 31.0 Å². The van der Waals surface area contributed by atoms with Crippen molar-refractivity contribution < 1.29 is 14.4 Å². The summed E-state index contributed by atoms with van der Waals surface area (Å²) in [6.07, 6.45) is 6.05. The first kappa shape index (κ1) is 18.2. The minimum absolute atomic E-state index is 0.0599. The van der Waals surface area contributed by atoms with Gasteiger partial charge in [0.25, 0.3) is 11.7 Å². The van der Waals surface area contributed by atoms with Crippen molar-refractivity contribution in [2.45, 2.75) is 39.2 Å². The van der Waals surface area contributed by atoms with E-state index in [9.17, 15) is 14.4 Å². The van der Waals surface area contributed by atoms with Crippen molar-refractivity contribution in [1.82, 2.24) is 14.8 Å². The molecule has 0 aliphatic carbocycles. The Morgan fingerprint density at radius 3 is 2.42 bits per heavy atom. The van der Waals surface area contributed by atoms with E-state index in [2.05, 4.69) is 5.32 Å². The number of nitrogens with zero attached hydrogens (tertiary/aromatic N) is 2. The smallest absolute Gasteiger partial charge is 0.292 e. The Morgan fingerprint density at radius 2 is 1.73 bits per heavy atom. The molecule has 0 saturated carbocycles. The molecule has 6 nitrogen and oxygen atoms in total. The third-order valence-electron chi connectivity index (χ3n) is 4.84. The van der Waals surface area contributed by atoms with Gasteiger partial charge in [0.05, 0.1) is 5.56 Å². The van der Waals surface area contributed by atoms with Crippen LogP contribution in [0.2, 0.25) is 0 Å². The molecule has 138 valence electrons. The number of carbonyl (C=O) groups is 3. The number of carbonyl (C=O) groups excluding carboxylic acids is 3. The molecule has 1 aliphatic rings. The number of amides is 2. The van der Waals surface area contributed by atoms with Crippen LogP contribution in [0.25, 0.3) is 10.9 Å². The number of hydrogen-bond donors (Lipinski definition) is 1. The molecule has 26 heavy (non-hydrogen) atoms. The number of aromatic nitrogens is 1. The molecule has 0 unspecified atom stereocenters. The number of likely N-dealkylation sites (N-methyl/N-ethyl adjacent to an activating group) is 1. The molecule has 3 rings (SSSR count). The molecule has 2 amide bonds. The van der Waals surface area contributed by atoms with Gasteiger partial charge in [-0.15, -0.1) is 0 Å². The van der Waals surface area contributed by atoms with E-state index in [1.54, 1.807) is 17.7 Å². The fraction of sp³-hybridized carbons (Fsp3) is 0.450. The number of ketones is 1. The van der Waals surface area contributed by atoms with Gasteiger partial charge >= 0.3 is 0 Å². The van der Waals surface area contributed by atoms with E-state index in [0.717, 1.165) is 31.4 Å². The van der Waals surface area contributed by atoms with E-state index >= 15 is 0 Å². The maximum absolute atomic E-state index is 12.7. The number of likely N-dealkylation sites (tertiary alicyclic amines) is 1. The Morgan fingerprint density at radius 1 is 1.04 bits per heavy atom. The Hall–Kier alpha value is -2.63. The molecular weight excluding hydrogens is 330 g/mol. The quantitative estimate of drug-likeness (QED) is 0.661. The van der Waals surface area contributed by atoms with Gasteiger partial charge in [0, 0.05) is 36.7 Å². The molecule has 2 heterocycles. The van der Waals surface area contributed by atoms with Gasteiger partial charge in [-0.05, 0) is 25.8 Å². The fourth-order valence-corrected chi connectivity index (χ4v) is 3.49. The number of para-hydroxylation sites is 1. The van der Waals surface area contributed by atoms with Crippen LogP contribution in [0.5, 0.6) is 0 Å². The maximum atomic E-state index is 12.7. The molecule has 0 atom stereocenters. The predicted molar refractivity (Wildman–Crippen MR) is 100 cm³/mol. The van der Waals surface area contributed by atoms with Gasteiger partial charge < -0.3 is 14.8 Å². The van der Waals surface area contributed by atoms with Crippen molar-refractivity contribution in [3.8, 4) is 0 Å². The predicted octanol–water partition coefficient (Wildman–Crippen LogP) is 2.36. The minimum atomic E-state index is -0.616. The number of Topliss-reactive ketones (excluding diaryl/α,β-unsaturated/α-hetero) is 1. The summed E-state index contributed by atoms with van der Waals surface area (Å²) < 4.78 is 1.79. The second-order valence-corrected chi connectivity index (χ2v) is 6.67. The van der Waals surface area contributed by atoms with Gasteiger partial charge in [0.2, 0.25) is 5.91 Å². The molecule has 1 aromatic heterocycles. The van der Waals surface area contributed by atoms with E-state index in [1.165, 1.54) is 12.8 Å². The second-order valence-electron chi connectivity index (χ2n) is 6.67. The second kappa shape index (κ2) is 8.17. The first-order valence-electron chi connectivity index (χ1n) is 9.30.